The van der Waals surface area contributed by atoms with E-state index in [0.717, 1.165) is 24.5 Å². The van der Waals surface area contributed by atoms with Crippen molar-refractivity contribution in [2.75, 3.05) is 17.2 Å². The summed E-state index contributed by atoms with van der Waals surface area (Å²) in [5.41, 5.74) is 6.55. The van der Waals surface area contributed by atoms with E-state index in [9.17, 15) is 0 Å². The van der Waals surface area contributed by atoms with Crippen LogP contribution in [-0.4, -0.2) is 17.6 Å². The molecule has 1 saturated carbocycles. The van der Waals surface area contributed by atoms with Crippen molar-refractivity contribution < 1.29 is 0 Å². The van der Waals surface area contributed by atoms with Crippen molar-refractivity contribution in [3.05, 3.63) is 18.3 Å². The molecule has 0 unspecified atom stereocenters. The van der Waals surface area contributed by atoms with Crippen molar-refractivity contribution in [3.63, 3.8) is 0 Å². The fourth-order valence-corrected chi connectivity index (χ4v) is 1.70. The Morgan fingerprint density at radius 3 is 2.93 bits per heavy atom. The average Bonchev–Trinajstić information content (AvgIpc) is 2.97. The number of hydrogen-bond acceptors (Lipinski definition) is 3. The van der Waals surface area contributed by atoms with E-state index in [4.69, 9.17) is 5.73 Å². The molecule has 1 aliphatic rings. The highest BCUT2D eigenvalue weighted by molar-refractivity contribution is 5.51. The second kappa shape index (κ2) is 3.86. The van der Waals surface area contributed by atoms with E-state index in [1.165, 1.54) is 12.8 Å². The standard InChI is InChI=1S/C11H17N3/c1-2-7-14(10-3-4-10)11-8-9(12)5-6-13-11/h5-6,8,10H,2-4,7H2,1H3,(H2,12,13). The predicted octanol–water partition coefficient (Wildman–Crippen LogP) is 2.04. The maximum Gasteiger partial charge on any atom is 0.130 e. The number of pyridine rings is 1. The Morgan fingerprint density at radius 1 is 1.57 bits per heavy atom. The topological polar surface area (TPSA) is 42.1 Å². The van der Waals surface area contributed by atoms with Crippen molar-refractivity contribution >= 4 is 11.5 Å². The van der Waals surface area contributed by atoms with E-state index < -0.39 is 0 Å². The van der Waals surface area contributed by atoms with Crippen LogP contribution in [0, 0.1) is 0 Å². The molecule has 1 aromatic heterocycles. The first kappa shape index (κ1) is 9.31. The summed E-state index contributed by atoms with van der Waals surface area (Å²) in [6.07, 6.45) is 5.55. The van der Waals surface area contributed by atoms with Gasteiger partial charge in [-0.2, -0.15) is 0 Å². The molecule has 0 amide bonds. The third kappa shape index (κ3) is 1.97. The molecule has 2 rings (SSSR count). The first-order valence-corrected chi connectivity index (χ1v) is 5.29. The van der Waals surface area contributed by atoms with E-state index >= 15 is 0 Å². The summed E-state index contributed by atoms with van der Waals surface area (Å²) < 4.78 is 0. The molecule has 0 bridgehead atoms. The minimum absolute atomic E-state index is 0.712. The van der Waals surface area contributed by atoms with Crippen molar-refractivity contribution in [2.24, 2.45) is 0 Å². The van der Waals surface area contributed by atoms with Gasteiger partial charge in [0.1, 0.15) is 5.82 Å². The zero-order chi connectivity index (χ0) is 9.97. The molecule has 0 aliphatic heterocycles. The average molecular weight is 191 g/mol. The van der Waals surface area contributed by atoms with Crippen molar-refractivity contribution in [2.45, 2.75) is 32.2 Å². The molecule has 0 radical (unpaired) electrons. The zero-order valence-corrected chi connectivity index (χ0v) is 8.61. The van der Waals surface area contributed by atoms with Crippen LogP contribution in [0.25, 0.3) is 0 Å². The summed E-state index contributed by atoms with van der Waals surface area (Å²) in [6, 6.07) is 4.51. The van der Waals surface area contributed by atoms with Gasteiger partial charge in [-0.05, 0) is 25.3 Å². The van der Waals surface area contributed by atoms with E-state index in [0.29, 0.717) is 6.04 Å². The van der Waals surface area contributed by atoms with Gasteiger partial charge in [-0.3, -0.25) is 0 Å². The molecule has 0 atom stereocenters. The van der Waals surface area contributed by atoms with Crippen molar-refractivity contribution in [1.29, 1.82) is 0 Å². The largest absolute Gasteiger partial charge is 0.399 e. The fourth-order valence-electron chi connectivity index (χ4n) is 1.70. The van der Waals surface area contributed by atoms with Crippen molar-refractivity contribution in [1.82, 2.24) is 4.98 Å². The normalized spacial score (nSPS) is 15.5. The van der Waals surface area contributed by atoms with Gasteiger partial charge in [0.25, 0.3) is 0 Å². The molecule has 14 heavy (non-hydrogen) atoms. The lowest BCUT2D eigenvalue weighted by atomic mass is 10.3. The Labute approximate surface area is 84.9 Å². The molecule has 1 aromatic rings. The Morgan fingerprint density at radius 2 is 2.36 bits per heavy atom. The molecular weight excluding hydrogens is 174 g/mol. The van der Waals surface area contributed by atoms with Crippen LogP contribution < -0.4 is 10.6 Å². The minimum atomic E-state index is 0.712. The van der Waals surface area contributed by atoms with Crippen molar-refractivity contribution in [3.8, 4) is 0 Å². The summed E-state index contributed by atoms with van der Waals surface area (Å²) in [5.74, 6) is 1.04. The third-order valence-corrected chi connectivity index (χ3v) is 2.52. The van der Waals surface area contributed by atoms with Gasteiger partial charge in [-0.25, -0.2) is 4.98 Å². The number of hydrogen-bond donors (Lipinski definition) is 1. The minimum Gasteiger partial charge on any atom is -0.399 e. The monoisotopic (exact) mass is 191 g/mol. The summed E-state index contributed by atoms with van der Waals surface area (Å²) in [5, 5.41) is 0. The summed E-state index contributed by atoms with van der Waals surface area (Å²) in [4.78, 5) is 6.74. The highest BCUT2D eigenvalue weighted by atomic mass is 15.2. The quantitative estimate of drug-likeness (QED) is 0.792. The molecular formula is C11H17N3. The van der Waals surface area contributed by atoms with E-state index in [1.54, 1.807) is 6.20 Å². The first-order chi connectivity index (χ1) is 6.81. The van der Waals surface area contributed by atoms with Gasteiger partial charge < -0.3 is 10.6 Å². The SMILES string of the molecule is CCCN(c1cc(N)ccn1)C1CC1. The molecule has 1 fully saturated rings. The molecule has 3 nitrogen and oxygen atoms in total. The molecule has 0 spiro atoms. The lowest BCUT2D eigenvalue weighted by molar-refractivity contribution is 0.751. The highest BCUT2D eigenvalue weighted by Gasteiger charge is 2.29. The van der Waals surface area contributed by atoms with Gasteiger partial charge in [-0.15, -0.1) is 0 Å². The molecule has 3 heteroatoms. The van der Waals surface area contributed by atoms with Gasteiger partial charge in [0.15, 0.2) is 0 Å². The summed E-state index contributed by atoms with van der Waals surface area (Å²) >= 11 is 0. The number of nitrogens with two attached hydrogens (primary N) is 1. The number of aromatic nitrogens is 1. The van der Waals surface area contributed by atoms with Crippen LogP contribution in [0.5, 0.6) is 0 Å². The van der Waals surface area contributed by atoms with Gasteiger partial charge in [0, 0.05) is 30.5 Å². The van der Waals surface area contributed by atoms with Crippen LogP contribution in [0.3, 0.4) is 0 Å². The molecule has 1 aliphatic carbocycles. The summed E-state index contributed by atoms with van der Waals surface area (Å²) in [7, 11) is 0. The van der Waals surface area contributed by atoms with E-state index in [2.05, 4.69) is 16.8 Å². The van der Waals surface area contributed by atoms with Gasteiger partial charge >= 0.3 is 0 Å². The Kier molecular flexibility index (Phi) is 2.57. The van der Waals surface area contributed by atoms with Crippen LogP contribution in [0.15, 0.2) is 18.3 Å². The van der Waals surface area contributed by atoms with Gasteiger partial charge in [0.05, 0.1) is 0 Å². The molecule has 0 aromatic carbocycles. The number of rotatable bonds is 4. The molecule has 2 N–H and O–H groups in total. The van der Waals surface area contributed by atoms with Crippen LogP contribution in [-0.2, 0) is 0 Å². The van der Waals surface area contributed by atoms with Crippen LogP contribution >= 0.6 is 0 Å². The second-order valence-electron chi connectivity index (χ2n) is 3.87. The van der Waals surface area contributed by atoms with E-state index in [-0.39, 0.29) is 0 Å². The third-order valence-electron chi connectivity index (χ3n) is 2.52. The number of anilines is 2. The van der Waals surface area contributed by atoms with Crippen LogP contribution in [0.1, 0.15) is 26.2 Å². The number of nitrogens with zero attached hydrogens (tertiary/aromatic N) is 2. The zero-order valence-electron chi connectivity index (χ0n) is 8.61. The van der Waals surface area contributed by atoms with Crippen LogP contribution in [0.2, 0.25) is 0 Å². The second-order valence-corrected chi connectivity index (χ2v) is 3.87. The summed E-state index contributed by atoms with van der Waals surface area (Å²) in [6.45, 7) is 3.28. The van der Waals surface area contributed by atoms with Gasteiger partial charge in [0.2, 0.25) is 0 Å². The highest BCUT2D eigenvalue weighted by Crippen LogP contribution is 2.31. The number of nitrogen functional groups attached to an aromatic ring is 1. The van der Waals surface area contributed by atoms with Gasteiger partial charge in [-0.1, -0.05) is 6.92 Å². The lowest BCUT2D eigenvalue weighted by Gasteiger charge is -2.22. The van der Waals surface area contributed by atoms with Crippen LogP contribution in [0.4, 0.5) is 11.5 Å². The Bertz CT molecular complexity index is 307. The Balaban J connectivity index is 2.16. The maximum absolute atomic E-state index is 5.75. The fraction of sp³-hybridized carbons (Fsp3) is 0.545. The smallest absolute Gasteiger partial charge is 0.130 e. The predicted molar refractivity (Wildman–Crippen MR) is 59.3 cm³/mol. The first-order valence-electron chi connectivity index (χ1n) is 5.29. The molecule has 0 saturated heterocycles. The van der Waals surface area contributed by atoms with E-state index in [1.807, 2.05) is 12.1 Å². The molecule has 1 heterocycles. The molecule has 76 valence electrons. The maximum atomic E-state index is 5.75. The lowest BCUT2D eigenvalue weighted by Crippen LogP contribution is -2.27. The Hall–Kier alpha value is -1.25.